The molecule has 1 N–H and O–H groups in total. The first-order valence-electron chi connectivity index (χ1n) is 4.41. The zero-order valence-electron chi connectivity index (χ0n) is 8.34. The summed E-state index contributed by atoms with van der Waals surface area (Å²) in [4.78, 5) is 11.5. The molecule has 0 fully saturated rings. The number of rotatable bonds is 4. The molecular formula is C10H14ClNOS. The first-order valence-corrected chi connectivity index (χ1v) is 5.89. The number of carbonyl (C=O) groups excluding carboxylic acids is 1. The molecule has 0 spiro atoms. The van der Waals surface area contributed by atoms with Crippen molar-refractivity contribution >= 4 is 28.8 Å². The van der Waals surface area contributed by atoms with Crippen molar-refractivity contribution in [1.29, 1.82) is 0 Å². The minimum atomic E-state index is -0.325. The summed E-state index contributed by atoms with van der Waals surface area (Å²) in [6.07, 6.45) is 0.434. The molecule has 0 saturated heterocycles. The molecule has 1 rings (SSSR count). The van der Waals surface area contributed by atoms with Gasteiger partial charge in [0.2, 0.25) is 5.91 Å². The molecule has 0 bridgehead atoms. The molecule has 0 unspecified atom stereocenters. The number of hydrogen-bond acceptors (Lipinski definition) is 2. The third-order valence-corrected chi connectivity index (χ3v) is 3.16. The van der Waals surface area contributed by atoms with Gasteiger partial charge in [-0.1, -0.05) is 0 Å². The Morgan fingerprint density at radius 3 is 2.86 bits per heavy atom. The summed E-state index contributed by atoms with van der Waals surface area (Å²) in [7, 11) is 0. The highest BCUT2D eigenvalue weighted by atomic mass is 35.5. The molecule has 1 aromatic heterocycles. The molecule has 0 aliphatic heterocycles. The topological polar surface area (TPSA) is 29.1 Å². The average molecular weight is 232 g/mol. The monoisotopic (exact) mass is 231 g/mol. The lowest BCUT2D eigenvalue weighted by atomic mass is 10.1. The lowest BCUT2D eigenvalue weighted by molar-refractivity contribution is -0.121. The van der Waals surface area contributed by atoms with Gasteiger partial charge in [-0.05, 0) is 36.2 Å². The number of halogens is 1. The fraction of sp³-hybridized carbons (Fsp3) is 0.500. The van der Waals surface area contributed by atoms with Crippen LogP contribution in [0.3, 0.4) is 0 Å². The van der Waals surface area contributed by atoms with Crippen LogP contribution in [0.15, 0.2) is 16.8 Å². The quantitative estimate of drug-likeness (QED) is 0.793. The van der Waals surface area contributed by atoms with E-state index in [0.717, 1.165) is 5.56 Å². The van der Waals surface area contributed by atoms with Crippen LogP contribution in [0, 0.1) is 0 Å². The molecule has 0 aliphatic rings. The Hall–Kier alpha value is -0.540. The number of nitrogens with one attached hydrogen (secondary N) is 1. The minimum absolute atomic E-state index is 0.0223. The SMILES string of the molecule is CC(C)(CCl)NC(=O)Cc1ccsc1. The Morgan fingerprint density at radius 2 is 2.36 bits per heavy atom. The molecule has 0 saturated carbocycles. The summed E-state index contributed by atoms with van der Waals surface area (Å²) >= 11 is 7.31. The zero-order chi connectivity index (χ0) is 10.6. The second kappa shape index (κ2) is 4.80. The van der Waals surface area contributed by atoms with E-state index in [4.69, 9.17) is 11.6 Å². The van der Waals surface area contributed by atoms with Crippen LogP contribution in [0.4, 0.5) is 0 Å². The van der Waals surface area contributed by atoms with Gasteiger partial charge in [-0.25, -0.2) is 0 Å². The Balaban J connectivity index is 2.44. The van der Waals surface area contributed by atoms with Crippen LogP contribution in [0.2, 0.25) is 0 Å². The van der Waals surface area contributed by atoms with Crippen LogP contribution in [-0.2, 0) is 11.2 Å². The third kappa shape index (κ3) is 3.68. The lowest BCUT2D eigenvalue weighted by Gasteiger charge is -2.23. The van der Waals surface area contributed by atoms with E-state index in [-0.39, 0.29) is 11.4 Å². The summed E-state index contributed by atoms with van der Waals surface area (Å²) < 4.78 is 0. The van der Waals surface area contributed by atoms with E-state index in [1.54, 1.807) is 11.3 Å². The predicted octanol–water partition coefficient (Wildman–Crippen LogP) is 2.42. The Bertz CT molecular complexity index is 295. The van der Waals surface area contributed by atoms with Gasteiger partial charge in [0.1, 0.15) is 0 Å². The van der Waals surface area contributed by atoms with Gasteiger partial charge in [0.25, 0.3) is 0 Å². The number of hydrogen-bond donors (Lipinski definition) is 1. The zero-order valence-corrected chi connectivity index (χ0v) is 9.91. The van der Waals surface area contributed by atoms with Gasteiger partial charge in [-0.15, -0.1) is 11.6 Å². The summed E-state index contributed by atoms with van der Waals surface area (Å²) in [5.41, 5.74) is 0.729. The van der Waals surface area contributed by atoms with Crippen LogP contribution in [0.1, 0.15) is 19.4 Å². The van der Waals surface area contributed by atoms with Gasteiger partial charge < -0.3 is 5.32 Å². The van der Waals surface area contributed by atoms with Crippen molar-refractivity contribution in [2.45, 2.75) is 25.8 Å². The third-order valence-electron chi connectivity index (χ3n) is 1.76. The fourth-order valence-corrected chi connectivity index (χ4v) is 1.77. The smallest absolute Gasteiger partial charge is 0.224 e. The Labute approximate surface area is 93.3 Å². The normalized spacial score (nSPS) is 11.4. The highest BCUT2D eigenvalue weighted by Gasteiger charge is 2.18. The first kappa shape index (κ1) is 11.5. The van der Waals surface area contributed by atoms with Crippen LogP contribution in [0.5, 0.6) is 0 Å². The molecule has 1 aromatic rings. The molecule has 2 nitrogen and oxygen atoms in total. The molecule has 0 aliphatic carbocycles. The van der Waals surface area contributed by atoms with E-state index in [2.05, 4.69) is 5.32 Å². The lowest BCUT2D eigenvalue weighted by Crippen LogP contribution is -2.45. The van der Waals surface area contributed by atoms with Gasteiger partial charge in [-0.2, -0.15) is 11.3 Å². The number of carbonyl (C=O) groups is 1. The van der Waals surface area contributed by atoms with Crippen LogP contribution >= 0.6 is 22.9 Å². The van der Waals surface area contributed by atoms with Crippen molar-refractivity contribution in [3.05, 3.63) is 22.4 Å². The number of alkyl halides is 1. The van der Waals surface area contributed by atoms with Gasteiger partial charge >= 0.3 is 0 Å². The molecule has 0 aromatic carbocycles. The number of amides is 1. The summed E-state index contributed by atoms with van der Waals surface area (Å²) in [5, 5.41) is 6.82. The molecule has 1 amide bonds. The Kier molecular flexibility index (Phi) is 3.96. The standard InChI is InChI=1S/C10H14ClNOS/c1-10(2,7-11)12-9(13)5-8-3-4-14-6-8/h3-4,6H,5,7H2,1-2H3,(H,12,13). The average Bonchev–Trinajstić information content (AvgIpc) is 2.55. The first-order chi connectivity index (χ1) is 6.53. The maximum Gasteiger partial charge on any atom is 0.224 e. The molecule has 78 valence electrons. The highest BCUT2D eigenvalue weighted by molar-refractivity contribution is 7.07. The molecule has 0 radical (unpaired) electrons. The molecule has 0 atom stereocenters. The second-order valence-electron chi connectivity index (χ2n) is 3.87. The molecule has 4 heteroatoms. The van der Waals surface area contributed by atoms with Crippen molar-refractivity contribution < 1.29 is 4.79 Å². The van der Waals surface area contributed by atoms with Gasteiger partial charge in [0, 0.05) is 11.4 Å². The van der Waals surface area contributed by atoms with Gasteiger partial charge in [-0.3, -0.25) is 4.79 Å². The summed E-state index contributed by atoms with van der Waals surface area (Å²) in [6.45, 7) is 3.82. The molecule has 14 heavy (non-hydrogen) atoms. The minimum Gasteiger partial charge on any atom is -0.350 e. The van der Waals surface area contributed by atoms with E-state index < -0.39 is 0 Å². The fourth-order valence-electron chi connectivity index (χ4n) is 1.03. The Morgan fingerprint density at radius 1 is 1.64 bits per heavy atom. The van der Waals surface area contributed by atoms with Crippen molar-refractivity contribution in [3.8, 4) is 0 Å². The van der Waals surface area contributed by atoms with Crippen molar-refractivity contribution in [3.63, 3.8) is 0 Å². The maximum atomic E-state index is 11.5. The van der Waals surface area contributed by atoms with E-state index in [1.165, 1.54) is 0 Å². The summed E-state index contributed by atoms with van der Waals surface area (Å²) in [5.74, 6) is 0.441. The van der Waals surface area contributed by atoms with Crippen molar-refractivity contribution in [2.75, 3.05) is 5.88 Å². The van der Waals surface area contributed by atoms with E-state index in [0.29, 0.717) is 12.3 Å². The highest BCUT2D eigenvalue weighted by Crippen LogP contribution is 2.09. The van der Waals surface area contributed by atoms with Crippen molar-refractivity contribution in [1.82, 2.24) is 5.32 Å². The largest absolute Gasteiger partial charge is 0.350 e. The van der Waals surface area contributed by atoms with Crippen LogP contribution in [-0.4, -0.2) is 17.3 Å². The maximum absolute atomic E-state index is 11.5. The van der Waals surface area contributed by atoms with E-state index in [1.807, 2.05) is 30.7 Å². The van der Waals surface area contributed by atoms with Crippen LogP contribution < -0.4 is 5.32 Å². The summed E-state index contributed by atoms with van der Waals surface area (Å²) in [6, 6.07) is 1.96. The molecular weight excluding hydrogens is 218 g/mol. The van der Waals surface area contributed by atoms with Gasteiger partial charge in [0.05, 0.1) is 6.42 Å². The predicted molar refractivity (Wildman–Crippen MR) is 61.0 cm³/mol. The van der Waals surface area contributed by atoms with Crippen LogP contribution in [0.25, 0.3) is 0 Å². The number of thiophene rings is 1. The second-order valence-corrected chi connectivity index (χ2v) is 4.92. The van der Waals surface area contributed by atoms with Gasteiger partial charge in [0.15, 0.2) is 0 Å². The van der Waals surface area contributed by atoms with E-state index >= 15 is 0 Å². The van der Waals surface area contributed by atoms with Crippen molar-refractivity contribution in [2.24, 2.45) is 0 Å². The molecule has 1 heterocycles. The van der Waals surface area contributed by atoms with E-state index in [9.17, 15) is 4.79 Å².